The fourth-order valence-electron chi connectivity index (χ4n) is 9.66. The first-order valence-electron chi connectivity index (χ1n) is 24.2. The van der Waals surface area contributed by atoms with E-state index in [1.54, 1.807) is 0 Å². The molecule has 0 saturated carbocycles. The van der Waals surface area contributed by atoms with Crippen LogP contribution in [0, 0.1) is 0 Å². The Morgan fingerprint density at radius 2 is 0.597 bits per heavy atom. The summed E-state index contributed by atoms with van der Waals surface area (Å²) < 4.78 is 0. The van der Waals surface area contributed by atoms with Gasteiger partial charge < -0.3 is 4.90 Å². The Morgan fingerprint density at radius 3 is 1.09 bits per heavy atom. The molecular formula is C66H67N. The Balaban J connectivity index is 1.37. The number of nitrogens with zero attached hydrogens (tertiary/aromatic N) is 1. The third-order valence-electron chi connectivity index (χ3n) is 13.7. The van der Waals surface area contributed by atoms with Gasteiger partial charge in [-0.05, 0) is 111 Å². The van der Waals surface area contributed by atoms with E-state index in [9.17, 15) is 0 Å². The lowest BCUT2D eigenvalue weighted by Gasteiger charge is -2.33. The molecule has 0 N–H and O–H groups in total. The summed E-state index contributed by atoms with van der Waals surface area (Å²) in [5.74, 6) is 0. The summed E-state index contributed by atoms with van der Waals surface area (Å²) in [5, 5.41) is 4.94. The Kier molecular flexibility index (Phi) is 11.7. The molecule has 1 nitrogen and oxygen atoms in total. The second kappa shape index (κ2) is 17.2. The minimum Gasteiger partial charge on any atom is -0.309 e. The molecule has 9 aromatic rings. The van der Waals surface area contributed by atoms with Crippen molar-refractivity contribution < 1.29 is 0 Å². The first-order valence-corrected chi connectivity index (χ1v) is 24.2. The first-order chi connectivity index (χ1) is 31.8. The third kappa shape index (κ3) is 8.97. The van der Waals surface area contributed by atoms with Crippen LogP contribution in [0.15, 0.2) is 188 Å². The maximum Gasteiger partial charge on any atom is 0.0540 e. The molecule has 336 valence electrons. The number of rotatable bonds is 7. The van der Waals surface area contributed by atoms with E-state index >= 15 is 0 Å². The number of hydrogen-bond acceptors (Lipinski definition) is 1. The van der Waals surface area contributed by atoms with Gasteiger partial charge in [-0.15, -0.1) is 0 Å². The second-order valence-corrected chi connectivity index (χ2v) is 22.7. The van der Waals surface area contributed by atoms with Crippen LogP contribution in [0.4, 0.5) is 17.1 Å². The second-order valence-electron chi connectivity index (χ2n) is 22.7. The molecule has 0 aliphatic rings. The van der Waals surface area contributed by atoms with Crippen molar-refractivity contribution in [3.63, 3.8) is 0 Å². The molecule has 0 aromatic heterocycles. The van der Waals surface area contributed by atoms with Gasteiger partial charge in [0.25, 0.3) is 0 Å². The Hall–Kier alpha value is -6.70. The van der Waals surface area contributed by atoms with E-state index in [4.69, 9.17) is 0 Å². The number of para-hydroxylation sites is 3. The fourth-order valence-corrected chi connectivity index (χ4v) is 9.66. The van der Waals surface area contributed by atoms with Crippen molar-refractivity contribution in [3.8, 4) is 44.5 Å². The van der Waals surface area contributed by atoms with Crippen LogP contribution in [0.3, 0.4) is 0 Å². The van der Waals surface area contributed by atoms with Crippen molar-refractivity contribution in [1.29, 1.82) is 0 Å². The van der Waals surface area contributed by atoms with E-state index in [0.717, 1.165) is 17.1 Å². The van der Waals surface area contributed by atoms with Crippen LogP contribution < -0.4 is 4.90 Å². The predicted octanol–water partition coefficient (Wildman–Crippen LogP) is 19.3. The van der Waals surface area contributed by atoms with E-state index in [1.165, 1.54) is 88.3 Å². The quantitative estimate of drug-likeness (QED) is 0.154. The minimum absolute atomic E-state index is 0.0125. The summed E-state index contributed by atoms with van der Waals surface area (Å²) in [5.41, 5.74) is 18.3. The molecule has 0 heterocycles. The van der Waals surface area contributed by atoms with Crippen LogP contribution in [0.5, 0.6) is 0 Å². The summed E-state index contributed by atoms with van der Waals surface area (Å²) in [6.07, 6.45) is 0. The van der Waals surface area contributed by atoms with Crippen LogP contribution in [-0.4, -0.2) is 0 Å². The molecule has 0 saturated heterocycles. The van der Waals surface area contributed by atoms with Gasteiger partial charge in [0.2, 0.25) is 0 Å². The van der Waals surface area contributed by atoms with E-state index in [-0.39, 0.29) is 21.7 Å². The van der Waals surface area contributed by atoms with Crippen molar-refractivity contribution in [2.75, 3.05) is 4.90 Å². The average molecular weight is 874 g/mol. The molecule has 9 aromatic carbocycles. The van der Waals surface area contributed by atoms with Crippen molar-refractivity contribution in [1.82, 2.24) is 0 Å². The smallest absolute Gasteiger partial charge is 0.0540 e. The zero-order chi connectivity index (χ0) is 47.5. The van der Waals surface area contributed by atoms with Gasteiger partial charge in [-0.3, -0.25) is 0 Å². The number of anilines is 3. The highest BCUT2D eigenvalue weighted by Gasteiger charge is 2.28. The molecule has 67 heavy (non-hydrogen) atoms. The Morgan fingerprint density at radius 1 is 0.269 bits per heavy atom. The maximum atomic E-state index is 2.56. The molecule has 9 rings (SSSR count). The van der Waals surface area contributed by atoms with Gasteiger partial charge in [0.05, 0.1) is 17.1 Å². The van der Waals surface area contributed by atoms with Gasteiger partial charge in [0.15, 0.2) is 0 Å². The Bertz CT molecular complexity index is 3200. The lowest BCUT2D eigenvalue weighted by molar-refractivity contribution is 0.568. The highest BCUT2D eigenvalue weighted by Crippen LogP contribution is 2.51. The number of hydrogen-bond donors (Lipinski definition) is 0. The van der Waals surface area contributed by atoms with E-state index in [2.05, 4.69) is 276 Å². The molecule has 0 radical (unpaired) electrons. The normalized spacial score (nSPS) is 12.5. The molecule has 0 spiro atoms. The molecule has 0 aliphatic carbocycles. The van der Waals surface area contributed by atoms with Crippen molar-refractivity contribution in [2.45, 2.75) is 105 Å². The van der Waals surface area contributed by atoms with Gasteiger partial charge in [0.1, 0.15) is 0 Å². The largest absolute Gasteiger partial charge is 0.309 e. The highest BCUT2D eigenvalue weighted by molar-refractivity contribution is 6.10. The monoisotopic (exact) mass is 874 g/mol. The van der Waals surface area contributed by atoms with Crippen LogP contribution in [0.1, 0.15) is 105 Å². The minimum atomic E-state index is -0.0374. The lowest BCUT2D eigenvalue weighted by atomic mass is 9.78. The molecule has 0 atom stereocenters. The van der Waals surface area contributed by atoms with Crippen LogP contribution in [0.25, 0.3) is 66.1 Å². The zero-order valence-electron chi connectivity index (χ0n) is 41.8. The van der Waals surface area contributed by atoms with Gasteiger partial charge in [-0.25, -0.2) is 0 Å². The molecule has 1 heteroatoms. The fraction of sp³-hybridized carbons (Fsp3) is 0.242. The molecule has 0 bridgehead atoms. The molecule has 0 fully saturated rings. The molecule has 0 unspecified atom stereocenters. The summed E-state index contributed by atoms with van der Waals surface area (Å²) in [6.45, 7) is 27.9. The maximum absolute atomic E-state index is 2.56. The van der Waals surface area contributed by atoms with Gasteiger partial charge in [-0.2, -0.15) is 0 Å². The first kappa shape index (κ1) is 45.5. The molecular weight excluding hydrogens is 807 g/mol. The average Bonchev–Trinajstić information content (AvgIpc) is 3.30. The van der Waals surface area contributed by atoms with Crippen LogP contribution in [-0.2, 0) is 21.7 Å². The van der Waals surface area contributed by atoms with Gasteiger partial charge in [-0.1, -0.05) is 253 Å². The van der Waals surface area contributed by atoms with Crippen LogP contribution in [0.2, 0.25) is 0 Å². The lowest BCUT2D eigenvalue weighted by Crippen LogP contribution is -2.17. The topological polar surface area (TPSA) is 3.24 Å². The summed E-state index contributed by atoms with van der Waals surface area (Å²) in [4.78, 5) is 2.56. The van der Waals surface area contributed by atoms with E-state index in [1.807, 2.05) is 0 Å². The van der Waals surface area contributed by atoms with Crippen molar-refractivity contribution >= 4 is 38.6 Å². The SMILES string of the molecule is CC(C)(C)c1cc(-c2ccccc2N(c2ccccc2-c2cccc3ccccc23)c2ccccc2-c2cccc3cccc(-c4cc(C(C)(C)C)cc(C(C)(C)C)c4)c23)cc(C(C)(C)C)c1. The van der Waals surface area contributed by atoms with E-state index < -0.39 is 0 Å². The molecule has 0 aliphatic heterocycles. The van der Waals surface area contributed by atoms with Gasteiger partial charge >= 0.3 is 0 Å². The predicted molar refractivity (Wildman–Crippen MR) is 293 cm³/mol. The number of fused-ring (bicyclic) bond motifs is 2. The van der Waals surface area contributed by atoms with Crippen molar-refractivity contribution in [3.05, 3.63) is 210 Å². The van der Waals surface area contributed by atoms with E-state index in [0.29, 0.717) is 0 Å². The summed E-state index contributed by atoms with van der Waals surface area (Å²) in [6, 6.07) is 70.9. The summed E-state index contributed by atoms with van der Waals surface area (Å²) in [7, 11) is 0. The number of benzene rings is 9. The third-order valence-corrected chi connectivity index (χ3v) is 13.7. The highest BCUT2D eigenvalue weighted by atomic mass is 15.1. The summed E-state index contributed by atoms with van der Waals surface area (Å²) >= 11 is 0. The molecule has 0 amide bonds. The van der Waals surface area contributed by atoms with Crippen molar-refractivity contribution in [2.24, 2.45) is 0 Å². The van der Waals surface area contributed by atoms with Gasteiger partial charge in [0, 0.05) is 16.7 Å². The zero-order valence-corrected chi connectivity index (χ0v) is 41.8. The Labute approximate surface area is 401 Å². The standard InChI is InChI=1S/C66H67N/c1-63(2,3)48-38-46(39-49(42-48)64(4,5)6)53-29-15-18-35-59(53)67(60-36-19-16-30-56(60)55-33-21-25-44-24-13-14-28-52(44)55)61-37-20-17-31-57(61)58-34-23-27-45-26-22-32-54(62(45)58)47-40-50(65(7,8)9)43-51(41-47)66(10,11)12/h13-43H,1-12H3. The van der Waals surface area contributed by atoms with Crippen LogP contribution >= 0.6 is 0 Å².